The van der Waals surface area contributed by atoms with Crippen molar-refractivity contribution in [2.75, 3.05) is 13.1 Å². The summed E-state index contributed by atoms with van der Waals surface area (Å²) < 4.78 is 0. The minimum atomic E-state index is 0.0765. The molecule has 22 heavy (non-hydrogen) atoms. The molecule has 0 saturated carbocycles. The average molecular weight is 299 g/mol. The molecule has 2 aliphatic rings. The zero-order valence-electron chi connectivity index (χ0n) is 13.4. The zero-order chi connectivity index (χ0) is 15.5. The second-order valence-corrected chi connectivity index (χ2v) is 6.15. The molecule has 0 spiro atoms. The van der Waals surface area contributed by atoms with Crippen LogP contribution in [0.25, 0.3) is 0 Å². The van der Waals surface area contributed by atoms with Crippen LogP contribution >= 0.6 is 0 Å². The number of H-pyrrole nitrogens is 1. The van der Waals surface area contributed by atoms with Crippen molar-refractivity contribution < 1.29 is 0 Å². The van der Waals surface area contributed by atoms with Gasteiger partial charge in [0.05, 0.1) is 6.04 Å². The average Bonchev–Trinajstić information content (AvgIpc) is 3.13. The molecule has 3 atom stereocenters. The van der Waals surface area contributed by atoms with Gasteiger partial charge < -0.3 is 15.6 Å². The van der Waals surface area contributed by atoms with E-state index in [1.807, 2.05) is 25.5 Å². The summed E-state index contributed by atoms with van der Waals surface area (Å²) in [6.07, 6.45) is 10.0. The van der Waals surface area contributed by atoms with Crippen molar-refractivity contribution in [3.63, 3.8) is 0 Å². The summed E-state index contributed by atoms with van der Waals surface area (Å²) in [4.78, 5) is 14.8. The number of nitrogens with two attached hydrogens (primary N) is 1. The van der Waals surface area contributed by atoms with E-state index in [0.717, 1.165) is 31.7 Å². The van der Waals surface area contributed by atoms with Crippen LogP contribution in [0, 0.1) is 0 Å². The lowest BCUT2D eigenvalue weighted by molar-refractivity contribution is 0.385. The molecule has 0 radical (unpaired) electrons. The van der Waals surface area contributed by atoms with Gasteiger partial charge in [-0.2, -0.15) is 0 Å². The highest BCUT2D eigenvalue weighted by Gasteiger charge is 2.28. The van der Waals surface area contributed by atoms with Crippen LogP contribution in [0.1, 0.15) is 38.2 Å². The quantitative estimate of drug-likeness (QED) is 0.881. The lowest BCUT2D eigenvalue weighted by atomic mass is 9.93. The van der Waals surface area contributed by atoms with E-state index in [1.165, 1.54) is 11.3 Å². The van der Waals surface area contributed by atoms with Crippen LogP contribution in [-0.2, 0) is 0 Å². The molecular formula is C17H25N5. The number of aliphatic imine (C=N–C) groups is 2. The molecule has 0 aliphatic carbocycles. The number of nitrogens with zero attached hydrogens (tertiary/aromatic N) is 3. The van der Waals surface area contributed by atoms with Gasteiger partial charge >= 0.3 is 0 Å². The van der Waals surface area contributed by atoms with E-state index >= 15 is 0 Å². The second-order valence-electron chi connectivity index (χ2n) is 6.15. The predicted octanol–water partition coefficient (Wildman–Crippen LogP) is 2.60. The monoisotopic (exact) mass is 299 g/mol. The number of likely N-dealkylation sites (tertiary alicyclic amines) is 1. The Balaban J connectivity index is 2.02. The minimum Gasteiger partial charge on any atom is -0.373 e. The molecular weight excluding hydrogens is 274 g/mol. The van der Waals surface area contributed by atoms with Crippen LogP contribution in [0.3, 0.4) is 0 Å². The number of hydrogen-bond donors (Lipinski definition) is 2. The third-order valence-corrected chi connectivity index (χ3v) is 4.47. The van der Waals surface area contributed by atoms with Crippen molar-refractivity contribution in [3.05, 3.63) is 29.6 Å². The van der Waals surface area contributed by atoms with Crippen LogP contribution in [0.5, 0.6) is 0 Å². The fourth-order valence-corrected chi connectivity index (χ4v) is 3.29. The topological polar surface area (TPSA) is 69.8 Å². The summed E-state index contributed by atoms with van der Waals surface area (Å²) >= 11 is 0. The number of allylic oxidation sites excluding steroid dienone is 2. The summed E-state index contributed by atoms with van der Waals surface area (Å²) in [5.41, 5.74) is 8.68. The first-order chi connectivity index (χ1) is 10.7. The van der Waals surface area contributed by atoms with Crippen LogP contribution in [-0.4, -0.2) is 47.5 Å². The summed E-state index contributed by atoms with van der Waals surface area (Å²) in [7, 11) is 0. The molecule has 1 aromatic heterocycles. The molecule has 3 heterocycles. The van der Waals surface area contributed by atoms with Gasteiger partial charge in [-0.1, -0.05) is 6.92 Å². The van der Waals surface area contributed by atoms with Crippen molar-refractivity contribution in [2.24, 2.45) is 15.7 Å². The minimum absolute atomic E-state index is 0.0765. The molecule has 0 bridgehead atoms. The fourth-order valence-electron chi connectivity index (χ4n) is 3.29. The number of hydrogen-bond acceptors (Lipinski definition) is 4. The Morgan fingerprint density at radius 3 is 3.05 bits per heavy atom. The normalized spacial score (nSPS) is 31.0. The molecule has 0 amide bonds. The number of aromatic nitrogens is 1. The molecule has 1 aromatic rings. The summed E-state index contributed by atoms with van der Waals surface area (Å²) in [5.74, 6) is 1.27. The molecule has 5 nitrogen and oxygen atoms in total. The lowest BCUT2D eigenvalue weighted by Crippen LogP contribution is -2.28. The first kappa shape index (κ1) is 15.0. The van der Waals surface area contributed by atoms with Gasteiger partial charge in [0, 0.05) is 54.9 Å². The predicted molar refractivity (Wildman–Crippen MR) is 92.2 cm³/mol. The molecule has 1 fully saturated rings. The highest BCUT2D eigenvalue weighted by Crippen LogP contribution is 2.36. The van der Waals surface area contributed by atoms with E-state index < -0.39 is 0 Å². The van der Waals surface area contributed by atoms with E-state index in [9.17, 15) is 0 Å². The number of rotatable bonds is 2. The molecule has 1 saturated heterocycles. The third-order valence-electron chi connectivity index (χ3n) is 4.47. The van der Waals surface area contributed by atoms with Gasteiger partial charge in [0.15, 0.2) is 0 Å². The zero-order valence-corrected chi connectivity index (χ0v) is 13.4. The Morgan fingerprint density at radius 2 is 2.32 bits per heavy atom. The Morgan fingerprint density at radius 1 is 1.45 bits per heavy atom. The molecule has 3 N–H and O–H groups in total. The molecule has 5 heteroatoms. The summed E-state index contributed by atoms with van der Waals surface area (Å²) in [6, 6.07) is 2.50. The molecule has 118 valence electrons. The smallest absolute Gasteiger partial charge is 0.133 e. The van der Waals surface area contributed by atoms with Crippen molar-refractivity contribution in [1.82, 2.24) is 9.88 Å². The first-order valence-corrected chi connectivity index (χ1v) is 8.14. The van der Waals surface area contributed by atoms with E-state index in [-0.39, 0.29) is 12.1 Å². The third kappa shape index (κ3) is 2.99. The van der Waals surface area contributed by atoms with Crippen molar-refractivity contribution in [1.29, 1.82) is 0 Å². The van der Waals surface area contributed by atoms with Gasteiger partial charge in [-0.05, 0) is 31.9 Å². The van der Waals surface area contributed by atoms with E-state index in [0.29, 0.717) is 5.92 Å². The maximum atomic E-state index is 6.11. The Labute approximate surface area is 132 Å². The summed E-state index contributed by atoms with van der Waals surface area (Å²) in [5, 5.41) is 0. The SMILES string of the molecule is CC[C@H]1/C(N2CCC(N)C2)=C\C=NC(C)C=Nc2[nH]ccc21. The molecule has 3 rings (SSSR count). The van der Waals surface area contributed by atoms with Crippen LogP contribution < -0.4 is 5.73 Å². The van der Waals surface area contributed by atoms with Crippen LogP contribution in [0.2, 0.25) is 0 Å². The van der Waals surface area contributed by atoms with Gasteiger partial charge in [0.25, 0.3) is 0 Å². The Hall–Kier alpha value is -1.88. The van der Waals surface area contributed by atoms with Crippen LogP contribution in [0.15, 0.2) is 34.0 Å². The Kier molecular flexibility index (Phi) is 4.43. The standard InChI is InChI=1S/C17H25N5/c1-3-14-15-4-7-20-17(15)21-10-12(2)19-8-5-16(14)22-9-6-13(18)11-22/h4-5,7-8,10,12-14,20H,3,6,9,11,18H2,1-2H3/b16-5+,19-8?,21-10?/t12?,13?,14-/m1/s1. The van der Waals surface area contributed by atoms with E-state index in [4.69, 9.17) is 5.73 Å². The van der Waals surface area contributed by atoms with Crippen molar-refractivity contribution >= 4 is 18.2 Å². The van der Waals surface area contributed by atoms with Crippen LogP contribution in [0.4, 0.5) is 5.82 Å². The highest BCUT2D eigenvalue weighted by molar-refractivity contribution is 5.78. The van der Waals surface area contributed by atoms with Gasteiger partial charge in [-0.15, -0.1) is 0 Å². The van der Waals surface area contributed by atoms with E-state index in [1.54, 1.807) is 0 Å². The van der Waals surface area contributed by atoms with E-state index in [2.05, 4.69) is 38.9 Å². The summed E-state index contributed by atoms with van der Waals surface area (Å²) in [6.45, 7) is 6.21. The molecule has 2 unspecified atom stereocenters. The first-order valence-electron chi connectivity index (χ1n) is 8.14. The second kappa shape index (κ2) is 6.48. The van der Waals surface area contributed by atoms with Gasteiger partial charge in [0.1, 0.15) is 5.82 Å². The molecule has 0 aromatic carbocycles. The maximum Gasteiger partial charge on any atom is 0.133 e. The molecule has 2 aliphatic heterocycles. The highest BCUT2D eigenvalue weighted by atomic mass is 15.2. The van der Waals surface area contributed by atoms with Crippen molar-refractivity contribution in [2.45, 2.75) is 44.7 Å². The fraction of sp³-hybridized carbons (Fsp3) is 0.529. The lowest BCUT2D eigenvalue weighted by Gasteiger charge is -2.29. The number of nitrogens with one attached hydrogen (secondary N) is 1. The maximum absolute atomic E-state index is 6.11. The number of fused-ring (bicyclic) bond motifs is 1. The van der Waals surface area contributed by atoms with Gasteiger partial charge in [0.2, 0.25) is 0 Å². The van der Waals surface area contributed by atoms with Gasteiger partial charge in [-0.3, -0.25) is 4.99 Å². The largest absolute Gasteiger partial charge is 0.373 e. The van der Waals surface area contributed by atoms with Gasteiger partial charge in [-0.25, -0.2) is 4.99 Å². The number of aromatic amines is 1. The Bertz CT molecular complexity index is 598. The van der Waals surface area contributed by atoms with Crippen molar-refractivity contribution in [3.8, 4) is 0 Å².